The lowest BCUT2D eigenvalue weighted by atomic mass is 9.74. The summed E-state index contributed by atoms with van der Waals surface area (Å²) in [6.07, 6.45) is 7.46. The summed E-state index contributed by atoms with van der Waals surface area (Å²) in [7, 11) is 1.84. The van der Waals surface area contributed by atoms with Crippen LogP contribution in [0.15, 0.2) is 12.4 Å². The highest BCUT2D eigenvalue weighted by atomic mass is 16.3. The van der Waals surface area contributed by atoms with Crippen molar-refractivity contribution in [2.45, 2.75) is 32.1 Å². The predicted molar refractivity (Wildman–Crippen MR) is 72.7 cm³/mol. The molecular formula is C13H22N4O. The molecule has 1 heterocycles. The van der Waals surface area contributed by atoms with Crippen LogP contribution in [0.5, 0.6) is 0 Å². The van der Waals surface area contributed by atoms with E-state index in [1.54, 1.807) is 6.33 Å². The van der Waals surface area contributed by atoms with Crippen LogP contribution in [0.1, 0.15) is 32.1 Å². The summed E-state index contributed by atoms with van der Waals surface area (Å²) in [6, 6.07) is 1.88. The molecular weight excluding hydrogens is 228 g/mol. The molecule has 2 rings (SSSR count). The van der Waals surface area contributed by atoms with E-state index in [9.17, 15) is 5.11 Å². The van der Waals surface area contributed by atoms with Gasteiger partial charge in [0, 0.05) is 25.1 Å². The molecule has 5 heteroatoms. The third-order valence-electron chi connectivity index (χ3n) is 3.82. The third kappa shape index (κ3) is 3.10. The SMILES string of the molecule is CNc1cc(NCC2(CO)CCCCC2)ncn1. The van der Waals surface area contributed by atoms with Crippen molar-refractivity contribution in [3.63, 3.8) is 0 Å². The number of aromatic nitrogens is 2. The Morgan fingerprint density at radius 3 is 2.61 bits per heavy atom. The molecule has 0 aliphatic heterocycles. The third-order valence-corrected chi connectivity index (χ3v) is 3.82. The number of hydrogen-bond donors (Lipinski definition) is 3. The molecule has 100 valence electrons. The van der Waals surface area contributed by atoms with Crippen LogP contribution in [0.25, 0.3) is 0 Å². The van der Waals surface area contributed by atoms with Crippen LogP contribution in [0.2, 0.25) is 0 Å². The highest BCUT2D eigenvalue weighted by Crippen LogP contribution is 2.35. The van der Waals surface area contributed by atoms with Crippen molar-refractivity contribution < 1.29 is 5.11 Å². The number of nitrogens with one attached hydrogen (secondary N) is 2. The number of aliphatic hydroxyl groups is 1. The first kappa shape index (κ1) is 13.1. The maximum absolute atomic E-state index is 9.64. The maximum atomic E-state index is 9.64. The zero-order valence-corrected chi connectivity index (χ0v) is 10.9. The molecule has 1 fully saturated rings. The molecule has 3 N–H and O–H groups in total. The summed E-state index contributed by atoms with van der Waals surface area (Å²) in [6.45, 7) is 1.04. The van der Waals surface area contributed by atoms with Crippen molar-refractivity contribution in [1.82, 2.24) is 9.97 Å². The summed E-state index contributed by atoms with van der Waals surface area (Å²) < 4.78 is 0. The Labute approximate surface area is 108 Å². The Bertz CT molecular complexity index is 377. The lowest BCUT2D eigenvalue weighted by Crippen LogP contribution is -2.35. The van der Waals surface area contributed by atoms with Gasteiger partial charge in [-0.1, -0.05) is 19.3 Å². The second-order valence-corrected chi connectivity index (χ2v) is 5.11. The monoisotopic (exact) mass is 250 g/mol. The molecule has 5 nitrogen and oxygen atoms in total. The molecule has 0 unspecified atom stereocenters. The number of rotatable bonds is 5. The van der Waals surface area contributed by atoms with Gasteiger partial charge in [-0.2, -0.15) is 0 Å². The van der Waals surface area contributed by atoms with E-state index in [1.807, 2.05) is 13.1 Å². The molecule has 1 aromatic heterocycles. The topological polar surface area (TPSA) is 70.1 Å². The minimum atomic E-state index is 0.0308. The Kier molecular flexibility index (Phi) is 4.36. The second kappa shape index (κ2) is 6.00. The molecule has 1 aliphatic carbocycles. The van der Waals surface area contributed by atoms with Crippen LogP contribution in [-0.2, 0) is 0 Å². The minimum absolute atomic E-state index is 0.0308. The molecule has 0 aromatic carbocycles. The van der Waals surface area contributed by atoms with E-state index in [-0.39, 0.29) is 12.0 Å². The standard InChI is InChI=1S/C13H22N4O/c1-14-11-7-12(17-10-16-11)15-8-13(9-18)5-3-2-4-6-13/h7,10,18H,2-6,8-9H2,1H3,(H2,14,15,16,17). The molecule has 0 saturated heterocycles. The number of aliphatic hydroxyl groups excluding tert-OH is 1. The van der Waals surface area contributed by atoms with Crippen LogP contribution in [0, 0.1) is 5.41 Å². The van der Waals surface area contributed by atoms with Gasteiger partial charge < -0.3 is 15.7 Å². The van der Waals surface area contributed by atoms with Crippen LogP contribution in [0.3, 0.4) is 0 Å². The first-order valence-corrected chi connectivity index (χ1v) is 6.62. The van der Waals surface area contributed by atoms with Crippen molar-refractivity contribution in [3.05, 3.63) is 12.4 Å². The predicted octanol–water partition coefficient (Wildman–Crippen LogP) is 1.87. The van der Waals surface area contributed by atoms with Gasteiger partial charge in [-0.25, -0.2) is 9.97 Å². The van der Waals surface area contributed by atoms with Gasteiger partial charge in [0.2, 0.25) is 0 Å². The molecule has 0 amide bonds. The molecule has 0 atom stereocenters. The van der Waals surface area contributed by atoms with E-state index in [0.29, 0.717) is 0 Å². The average Bonchev–Trinajstić information content (AvgIpc) is 2.46. The zero-order chi connectivity index (χ0) is 12.8. The normalized spacial score (nSPS) is 18.3. The maximum Gasteiger partial charge on any atom is 0.131 e. The van der Waals surface area contributed by atoms with Gasteiger partial charge in [0.15, 0.2) is 0 Å². The van der Waals surface area contributed by atoms with E-state index >= 15 is 0 Å². The summed E-state index contributed by atoms with van der Waals surface area (Å²) in [5.41, 5.74) is 0.0308. The van der Waals surface area contributed by atoms with E-state index in [0.717, 1.165) is 31.0 Å². The van der Waals surface area contributed by atoms with Crippen LogP contribution in [-0.4, -0.2) is 35.3 Å². The molecule has 0 spiro atoms. The summed E-state index contributed by atoms with van der Waals surface area (Å²) in [4.78, 5) is 8.27. The van der Waals surface area contributed by atoms with Crippen LogP contribution >= 0.6 is 0 Å². The van der Waals surface area contributed by atoms with Crippen LogP contribution < -0.4 is 10.6 Å². The Hall–Kier alpha value is -1.36. The first-order chi connectivity index (χ1) is 8.78. The van der Waals surface area contributed by atoms with Crippen molar-refractivity contribution in [1.29, 1.82) is 0 Å². The quantitative estimate of drug-likeness (QED) is 0.744. The fourth-order valence-electron chi connectivity index (χ4n) is 2.56. The van der Waals surface area contributed by atoms with Crippen molar-refractivity contribution in [3.8, 4) is 0 Å². The van der Waals surface area contributed by atoms with Gasteiger partial charge in [0.1, 0.15) is 18.0 Å². The van der Waals surface area contributed by atoms with Gasteiger partial charge >= 0.3 is 0 Å². The molecule has 18 heavy (non-hydrogen) atoms. The van der Waals surface area contributed by atoms with Gasteiger partial charge in [-0.3, -0.25) is 0 Å². The van der Waals surface area contributed by atoms with E-state index in [4.69, 9.17) is 0 Å². The number of hydrogen-bond acceptors (Lipinski definition) is 5. The second-order valence-electron chi connectivity index (χ2n) is 5.11. The Balaban J connectivity index is 1.96. The summed E-state index contributed by atoms with van der Waals surface area (Å²) in [5.74, 6) is 1.61. The lowest BCUT2D eigenvalue weighted by molar-refractivity contribution is 0.0943. The molecule has 0 radical (unpaired) electrons. The Morgan fingerprint density at radius 2 is 1.94 bits per heavy atom. The molecule has 1 aliphatic rings. The summed E-state index contributed by atoms with van der Waals surface area (Å²) in [5, 5.41) is 16.0. The van der Waals surface area contributed by atoms with Gasteiger partial charge in [0.05, 0.1) is 6.61 Å². The zero-order valence-electron chi connectivity index (χ0n) is 10.9. The fourth-order valence-corrected chi connectivity index (χ4v) is 2.56. The lowest BCUT2D eigenvalue weighted by Gasteiger charge is -2.35. The smallest absolute Gasteiger partial charge is 0.131 e. The fraction of sp³-hybridized carbons (Fsp3) is 0.692. The number of nitrogens with zero attached hydrogens (tertiary/aromatic N) is 2. The molecule has 1 aromatic rings. The van der Waals surface area contributed by atoms with E-state index in [1.165, 1.54) is 19.3 Å². The van der Waals surface area contributed by atoms with Crippen molar-refractivity contribution in [2.24, 2.45) is 5.41 Å². The van der Waals surface area contributed by atoms with Crippen molar-refractivity contribution >= 4 is 11.6 Å². The average molecular weight is 250 g/mol. The first-order valence-electron chi connectivity index (χ1n) is 6.62. The van der Waals surface area contributed by atoms with Gasteiger partial charge in [-0.15, -0.1) is 0 Å². The Morgan fingerprint density at radius 1 is 1.22 bits per heavy atom. The minimum Gasteiger partial charge on any atom is -0.396 e. The summed E-state index contributed by atoms with van der Waals surface area (Å²) >= 11 is 0. The molecule has 1 saturated carbocycles. The van der Waals surface area contributed by atoms with Gasteiger partial charge in [-0.05, 0) is 12.8 Å². The number of anilines is 2. The van der Waals surface area contributed by atoms with Gasteiger partial charge in [0.25, 0.3) is 0 Å². The van der Waals surface area contributed by atoms with E-state index < -0.39 is 0 Å². The largest absolute Gasteiger partial charge is 0.396 e. The van der Waals surface area contributed by atoms with E-state index in [2.05, 4.69) is 20.6 Å². The van der Waals surface area contributed by atoms with Crippen molar-refractivity contribution in [2.75, 3.05) is 30.8 Å². The molecule has 0 bridgehead atoms. The highest BCUT2D eigenvalue weighted by molar-refractivity contribution is 5.46. The van der Waals surface area contributed by atoms with Crippen LogP contribution in [0.4, 0.5) is 11.6 Å². The highest BCUT2D eigenvalue weighted by Gasteiger charge is 2.31.